The number of aryl methyl sites for hydroxylation is 2. The lowest BCUT2D eigenvalue weighted by molar-refractivity contribution is 0.0199. The average molecular weight is 602 g/mol. The van der Waals surface area contributed by atoms with Crippen LogP contribution < -0.4 is 20.4 Å². The fourth-order valence-electron chi connectivity index (χ4n) is 5.70. The smallest absolute Gasteiger partial charge is 0.410 e. The van der Waals surface area contributed by atoms with E-state index in [4.69, 9.17) is 9.15 Å². The first-order valence-corrected chi connectivity index (χ1v) is 15.3. The van der Waals surface area contributed by atoms with Crippen LogP contribution in [0.3, 0.4) is 0 Å². The zero-order chi connectivity index (χ0) is 31.4. The SMILES string of the molecule is Cc1ccc(C(=O)Nc2cc(C(=O)NC3CCN(C(=O)OC(C)(C)C)CC3)ccc2N2CCN(c3ccccc3C)CC2)o1. The van der Waals surface area contributed by atoms with E-state index in [9.17, 15) is 14.4 Å². The summed E-state index contributed by atoms with van der Waals surface area (Å²) < 4.78 is 11.0. The molecule has 0 saturated carbocycles. The van der Waals surface area contributed by atoms with Crippen molar-refractivity contribution in [2.24, 2.45) is 0 Å². The minimum atomic E-state index is -0.550. The van der Waals surface area contributed by atoms with Crippen molar-refractivity contribution in [3.63, 3.8) is 0 Å². The van der Waals surface area contributed by atoms with Crippen molar-refractivity contribution in [2.75, 3.05) is 54.4 Å². The zero-order valence-corrected chi connectivity index (χ0v) is 26.3. The van der Waals surface area contributed by atoms with E-state index in [-0.39, 0.29) is 29.7 Å². The minimum absolute atomic E-state index is 0.0699. The minimum Gasteiger partial charge on any atom is -0.456 e. The molecule has 2 N–H and O–H groups in total. The number of benzene rings is 2. The van der Waals surface area contributed by atoms with Crippen LogP contribution in [0.1, 0.15) is 65.8 Å². The van der Waals surface area contributed by atoms with Gasteiger partial charge < -0.3 is 34.5 Å². The van der Waals surface area contributed by atoms with Gasteiger partial charge in [-0.05, 0) is 89.4 Å². The Hall–Kier alpha value is -4.47. The molecule has 3 aromatic rings. The van der Waals surface area contributed by atoms with Crippen LogP contribution in [0, 0.1) is 13.8 Å². The van der Waals surface area contributed by atoms with Gasteiger partial charge in [0.1, 0.15) is 11.4 Å². The molecule has 10 heteroatoms. The van der Waals surface area contributed by atoms with Gasteiger partial charge in [0, 0.05) is 56.6 Å². The number of piperidine rings is 1. The fourth-order valence-corrected chi connectivity index (χ4v) is 5.70. The molecule has 0 atom stereocenters. The Kier molecular flexibility index (Phi) is 9.17. The van der Waals surface area contributed by atoms with Crippen LogP contribution >= 0.6 is 0 Å². The van der Waals surface area contributed by atoms with E-state index in [2.05, 4.69) is 51.6 Å². The second-order valence-corrected chi connectivity index (χ2v) is 12.6. The van der Waals surface area contributed by atoms with Gasteiger partial charge in [-0.15, -0.1) is 0 Å². The molecule has 0 spiro atoms. The summed E-state index contributed by atoms with van der Waals surface area (Å²) in [6.07, 6.45) is 0.940. The Morgan fingerprint density at radius 2 is 1.48 bits per heavy atom. The standard InChI is InChI=1S/C34H43N5O5/c1-23-8-6-7-9-28(23)37-18-20-38(21-19-37)29-12-11-25(22-27(29)36-32(41)30-13-10-24(2)43-30)31(40)35-26-14-16-39(17-15-26)33(42)44-34(3,4)5/h6-13,22,26H,14-21H2,1-5H3,(H,35,40)(H,36,41). The fraction of sp³-hybridized carbons (Fsp3) is 0.441. The molecule has 2 fully saturated rings. The highest BCUT2D eigenvalue weighted by Gasteiger charge is 2.28. The van der Waals surface area contributed by atoms with Gasteiger partial charge in [0.15, 0.2) is 5.76 Å². The van der Waals surface area contributed by atoms with E-state index in [0.717, 1.165) is 31.9 Å². The maximum absolute atomic E-state index is 13.4. The molecule has 2 saturated heterocycles. The summed E-state index contributed by atoms with van der Waals surface area (Å²) in [5.41, 5.74) is 3.79. The Labute approximate surface area is 259 Å². The molecule has 5 rings (SSSR count). The number of furan rings is 1. The molecule has 0 bridgehead atoms. The Balaban J connectivity index is 1.28. The van der Waals surface area contributed by atoms with Gasteiger partial charge >= 0.3 is 6.09 Å². The van der Waals surface area contributed by atoms with Crippen molar-refractivity contribution in [1.82, 2.24) is 10.2 Å². The second kappa shape index (κ2) is 13.0. The maximum atomic E-state index is 13.4. The highest BCUT2D eigenvalue weighted by molar-refractivity contribution is 6.05. The number of nitrogens with zero attached hydrogens (tertiary/aromatic N) is 3. The summed E-state index contributed by atoms with van der Waals surface area (Å²) in [5, 5.41) is 6.12. The lowest BCUT2D eigenvalue weighted by Gasteiger charge is -2.38. The highest BCUT2D eigenvalue weighted by Crippen LogP contribution is 2.31. The summed E-state index contributed by atoms with van der Waals surface area (Å²) in [7, 11) is 0. The van der Waals surface area contributed by atoms with Crippen LogP contribution in [-0.2, 0) is 4.74 Å². The number of ether oxygens (including phenoxy) is 1. The van der Waals surface area contributed by atoms with Crippen LogP contribution in [0.2, 0.25) is 0 Å². The van der Waals surface area contributed by atoms with Crippen LogP contribution in [0.15, 0.2) is 59.0 Å². The van der Waals surface area contributed by atoms with Gasteiger partial charge in [-0.1, -0.05) is 18.2 Å². The molecule has 10 nitrogen and oxygen atoms in total. The molecule has 3 amide bonds. The normalized spacial score (nSPS) is 16.1. The number of nitrogens with one attached hydrogen (secondary N) is 2. The summed E-state index contributed by atoms with van der Waals surface area (Å²) in [6, 6.07) is 17.2. The predicted octanol–water partition coefficient (Wildman–Crippen LogP) is 5.60. The number of anilines is 3. The van der Waals surface area contributed by atoms with Gasteiger partial charge in [-0.2, -0.15) is 0 Å². The van der Waals surface area contributed by atoms with Crippen LogP contribution in [0.4, 0.5) is 21.9 Å². The number of amides is 3. The lowest BCUT2D eigenvalue weighted by atomic mass is 10.0. The monoisotopic (exact) mass is 601 g/mol. The van der Waals surface area contributed by atoms with Crippen LogP contribution in [0.5, 0.6) is 0 Å². The molecular formula is C34H43N5O5. The molecule has 0 aliphatic carbocycles. The molecule has 2 aromatic carbocycles. The first kappa shape index (κ1) is 31.0. The van der Waals surface area contributed by atoms with Crippen molar-refractivity contribution in [2.45, 2.75) is 59.1 Å². The topological polar surface area (TPSA) is 107 Å². The van der Waals surface area contributed by atoms with Gasteiger partial charge in [-0.3, -0.25) is 9.59 Å². The van der Waals surface area contributed by atoms with Crippen molar-refractivity contribution in [3.05, 3.63) is 77.2 Å². The summed E-state index contributed by atoms with van der Waals surface area (Å²) in [5.74, 6) is 0.268. The molecule has 3 heterocycles. The highest BCUT2D eigenvalue weighted by atomic mass is 16.6. The Bertz CT molecular complexity index is 1490. The molecule has 234 valence electrons. The molecule has 1 aromatic heterocycles. The number of carbonyl (C=O) groups is 3. The summed E-state index contributed by atoms with van der Waals surface area (Å²) in [4.78, 5) is 45.2. The lowest BCUT2D eigenvalue weighted by Crippen LogP contribution is -2.48. The first-order chi connectivity index (χ1) is 21.0. The maximum Gasteiger partial charge on any atom is 0.410 e. The number of hydrogen-bond donors (Lipinski definition) is 2. The van der Waals surface area contributed by atoms with Gasteiger partial charge in [-0.25, -0.2) is 4.79 Å². The number of rotatable bonds is 6. The summed E-state index contributed by atoms with van der Waals surface area (Å²) >= 11 is 0. The molecule has 2 aliphatic heterocycles. The number of likely N-dealkylation sites (tertiary alicyclic amines) is 1. The molecular weight excluding hydrogens is 558 g/mol. The van der Waals surface area contributed by atoms with Gasteiger partial charge in [0.05, 0.1) is 11.4 Å². The summed E-state index contributed by atoms with van der Waals surface area (Å²) in [6.45, 7) is 13.7. The van der Waals surface area contributed by atoms with Crippen molar-refractivity contribution in [1.29, 1.82) is 0 Å². The predicted molar refractivity (Wildman–Crippen MR) is 172 cm³/mol. The van der Waals surface area contributed by atoms with Crippen LogP contribution in [-0.4, -0.2) is 73.7 Å². The quantitative estimate of drug-likeness (QED) is 0.379. The van der Waals surface area contributed by atoms with E-state index in [1.54, 1.807) is 36.1 Å². The van der Waals surface area contributed by atoms with E-state index in [0.29, 0.717) is 42.9 Å². The van der Waals surface area contributed by atoms with Gasteiger partial charge in [0.2, 0.25) is 0 Å². The van der Waals surface area contributed by atoms with Gasteiger partial charge in [0.25, 0.3) is 11.8 Å². The van der Waals surface area contributed by atoms with Crippen LogP contribution in [0.25, 0.3) is 0 Å². The third-order valence-corrected chi connectivity index (χ3v) is 8.03. The second-order valence-electron chi connectivity index (χ2n) is 12.6. The largest absolute Gasteiger partial charge is 0.456 e. The number of piperazine rings is 1. The Morgan fingerprint density at radius 1 is 0.818 bits per heavy atom. The van der Waals surface area contributed by atoms with E-state index < -0.39 is 5.60 Å². The van der Waals surface area contributed by atoms with Crippen molar-refractivity contribution in [3.8, 4) is 0 Å². The van der Waals surface area contributed by atoms with E-state index in [1.165, 1.54) is 11.3 Å². The number of carbonyl (C=O) groups excluding carboxylic acids is 3. The Morgan fingerprint density at radius 3 is 2.09 bits per heavy atom. The molecule has 0 unspecified atom stereocenters. The first-order valence-electron chi connectivity index (χ1n) is 15.3. The molecule has 0 radical (unpaired) electrons. The van der Waals surface area contributed by atoms with E-state index >= 15 is 0 Å². The number of hydrogen-bond acceptors (Lipinski definition) is 7. The average Bonchev–Trinajstić information content (AvgIpc) is 3.43. The third-order valence-electron chi connectivity index (χ3n) is 8.03. The zero-order valence-electron chi connectivity index (χ0n) is 26.3. The van der Waals surface area contributed by atoms with E-state index in [1.807, 2.05) is 26.8 Å². The number of para-hydroxylation sites is 1. The third kappa shape index (κ3) is 7.53. The van der Waals surface area contributed by atoms with Crippen molar-refractivity contribution < 1.29 is 23.5 Å². The molecule has 44 heavy (non-hydrogen) atoms. The molecule has 2 aliphatic rings. The van der Waals surface area contributed by atoms with Crippen molar-refractivity contribution >= 4 is 35.0 Å².